The predicted octanol–water partition coefficient (Wildman–Crippen LogP) is -0.225. The summed E-state index contributed by atoms with van der Waals surface area (Å²) in [6.07, 6.45) is 2.60. The Balaban J connectivity index is 1.76. The molecule has 2 rings (SSSR count). The fourth-order valence-electron chi connectivity index (χ4n) is 2.77. The van der Waals surface area contributed by atoms with Gasteiger partial charge in [0.05, 0.1) is 19.1 Å². The highest BCUT2D eigenvalue weighted by Crippen LogP contribution is 2.16. The second kappa shape index (κ2) is 6.50. The molecule has 104 valence electrons. The van der Waals surface area contributed by atoms with Crippen LogP contribution in [0.15, 0.2) is 0 Å². The number of hydrogen-bond donors (Lipinski definition) is 1. The first-order chi connectivity index (χ1) is 8.72. The van der Waals surface area contributed by atoms with Crippen LogP contribution in [0.1, 0.15) is 12.8 Å². The molecule has 0 bridgehead atoms. The summed E-state index contributed by atoms with van der Waals surface area (Å²) in [7, 11) is 3.80. The second-order valence-electron chi connectivity index (χ2n) is 5.35. The topological polar surface area (TPSA) is 44.8 Å². The largest absolute Gasteiger partial charge is 0.379 e. The molecule has 1 N–H and O–H groups in total. The molecule has 0 aliphatic carbocycles. The first kappa shape index (κ1) is 13.8. The minimum atomic E-state index is -0.0152. The van der Waals surface area contributed by atoms with E-state index in [2.05, 4.69) is 10.2 Å². The molecule has 5 heteroatoms. The minimum absolute atomic E-state index is 0.0152. The lowest BCUT2D eigenvalue weighted by molar-refractivity contribution is -0.134. The lowest BCUT2D eigenvalue weighted by Gasteiger charge is -2.25. The average molecular weight is 255 g/mol. The summed E-state index contributed by atoms with van der Waals surface area (Å²) in [5.74, 6) is 0.199. The number of rotatable bonds is 5. The van der Waals surface area contributed by atoms with Gasteiger partial charge in [0, 0.05) is 26.2 Å². The maximum Gasteiger partial charge on any atom is 0.229 e. The molecule has 1 amide bonds. The molecular formula is C13H25N3O2. The van der Waals surface area contributed by atoms with Gasteiger partial charge >= 0.3 is 0 Å². The van der Waals surface area contributed by atoms with Crippen molar-refractivity contribution in [2.45, 2.75) is 18.9 Å². The molecule has 18 heavy (non-hydrogen) atoms. The number of nitrogens with one attached hydrogen (secondary N) is 1. The molecule has 0 aromatic heterocycles. The average Bonchev–Trinajstić information content (AvgIpc) is 3.05. The Morgan fingerprint density at radius 3 is 2.78 bits per heavy atom. The van der Waals surface area contributed by atoms with Crippen LogP contribution in [-0.2, 0) is 9.53 Å². The van der Waals surface area contributed by atoms with Gasteiger partial charge < -0.3 is 19.9 Å². The number of hydrogen-bond acceptors (Lipinski definition) is 4. The molecule has 0 saturated carbocycles. The van der Waals surface area contributed by atoms with Crippen LogP contribution in [0.5, 0.6) is 0 Å². The zero-order chi connectivity index (χ0) is 13.0. The molecule has 0 spiro atoms. The summed E-state index contributed by atoms with van der Waals surface area (Å²) in [5, 5.41) is 3.16. The van der Waals surface area contributed by atoms with Gasteiger partial charge in [-0.15, -0.1) is 0 Å². The van der Waals surface area contributed by atoms with Gasteiger partial charge in [-0.1, -0.05) is 0 Å². The van der Waals surface area contributed by atoms with Crippen molar-refractivity contribution in [1.82, 2.24) is 15.1 Å². The molecule has 2 unspecified atom stereocenters. The van der Waals surface area contributed by atoms with E-state index >= 15 is 0 Å². The fraction of sp³-hybridized carbons (Fsp3) is 0.923. The Morgan fingerprint density at radius 2 is 2.11 bits per heavy atom. The molecule has 2 aliphatic rings. The smallest absolute Gasteiger partial charge is 0.229 e. The number of ether oxygens (including phenoxy) is 1. The third-order valence-electron chi connectivity index (χ3n) is 4.10. The van der Waals surface area contributed by atoms with Crippen LogP contribution >= 0.6 is 0 Å². The Labute approximate surface area is 109 Å². The van der Waals surface area contributed by atoms with Crippen LogP contribution in [0.25, 0.3) is 0 Å². The number of amides is 1. The summed E-state index contributed by atoms with van der Waals surface area (Å²) in [6.45, 7) is 5.40. The highest BCUT2D eigenvalue weighted by molar-refractivity contribution is 5.79. The number of nitrogens with zero attached hydrogens (tertiary/aromatic N) is 2. The Kier molecular flexibility index (Phi) is 4.97. The van der Waals surface area contributed by atoms with Crippen LogP contribution in [0, 0.1) is 5.92 Å². The maximum atomic E-state index is 12.3. The lowest BCUT2D eigenvalue weighted by Crippen LogP contribution is -2.45. The van der Waals surface area contributed by atoms with Crippen molar-refractivity contribution in [3.05, 3.63) is 0 Å². The van der Waals surface area contributed by atoms with Crippen LogP contribution in [0.4, 0.5) is 0 Å². The van der Waals surface area contributed by atoms with Crippen molar-refractivity contribution in [2.75, 3.05) is 53.5 Å². The molecule has 5 nitrogen and oxygen atoms in total. The van der Waals surface area contributed by atoms with E-state index in [1.54, 1.807) is 0 Å². The molecule has 2 fully saturated rings. The van der Waals surface area contributed by atoms with Crippen LogP contribution in [0.2, 0.25) is 0 Å². The van der Waals surface area contributed by atoms with Crippen LogP contribution in [0.3, 0.4) is 0 Å². The Bertz CT molecular complexity index is 279. The minimum Gasteiger partial charge on any atom is -0.379 e. The molecule has 2 atom stereocenters. The van der Waals surface area contributed by atoms with Gasteiger partial charge in [0.15, 0.2) is 0 Å². The fourth-order valence-corrected chi connectivity index (χ4v) is 2.77. The monoisotopic (exact) mass is 255 g/mol. The third-order valence-corrected chi connectivity index (χ3v) is 4.10. The highest BCUT2D eigenvalue weighted by atomic mass is 16.5. The number of likely N-dealkylation sites (N-methyl/N-ethyl adjacent to an activating group) is 2. The predicted molar refractivity (Wildman–Crippen MR) is 70.5 cm³/mol. The van der Waals surface area contributed by atoms with Gasteiger partial charge in [0.2, 0.25) is 5.91 Å². The molecule has 0 radical (unpaired) electrons. The molecule has 0 aromatic carbocycles. The first-order valence-electron chi connectivity index (χ1n) is 6.94. The van der Waals surface area contributed by atoms with Crippen molar-refractivity contribution >= 4 is 5.91 Å². The van der Waals surface area contributed by atoms with Crippen molar-refractivity contribution in [3.8, 4) is 0 Å². The molecule has 2 aliphatic heterocycles. The molecular weight excluding hydrogens is 230 g/mol. The van der Waals surface area contributed by atoms with E-state index in [4.69, 9.17) is 4.74 Å². The van der Waals surface area contributed by atoms with Gasteiger partial charge in [-0.3, -0.25) is 4.79 Å². The molecule has 0 aromatic rings. The van der Waals surface area contributed by atoms with Crippen LogP contribution in [-0.4, -0.2) is 75.2 Å². The zero-order valence-corrected chi connectivity index (χ0v) is 11.5. The number of carbonyl (C=O) groups excluding carboxylic acids is 1. The Morgan fingerprint density at radius 1 is 1.39 bits per heavy atom. The van der Waals surface area contributed by atoms with Crippen molar-refractivity contribution in [1.29, 1.82) is 0 Å². The summed E-state index contributed by atoms with van der Waals surface area (Å²) in [5.41, 5.74) is 0. The standard InChI is InChI=1S/C13H25N3O2/c1-14-12-10-18-9-11(12)13(17)15(2)7-8-16-5-3-4-6-16/h11-12,14H,3-10H2,1-2H3. The summed E-state index contributed by atoms with van der Waals surface area (Å²) in [6, 6.07) is 0.173. The third kappa shape index (κ3) is 3.22. The van der Waals surface area contributed by atoms with E-state index < -0.39 is 0 Å². The van der Waals surface area contributed by atoms with Gasteiger partial charge in [-0.2, -0.15) is 0 Å². The van der Waals surface area contributed by atoms with Gasteiger partial charge in [0.25, 0.3) is 0 Å². The molecule has 2 heterocycles. The normalized spacial score (nSPS) is 28.8. The highest BCUT2D eigenvalue weighted by Gasteiger charge is 2.34. The van der Waals surface area contributed by atoms with Gasteiger partial charge in [-0.05, 0) is 33.0 Å². The van der Waals surface area contributed by atoms with E-state index in [1.165, 1.54) is 25.9 Å². The lowest BCUT2D eigenvalue weighted by atomic mass is 10.0. The van der Waals surface area contributed by atoms with E-state index in [1.807, 2.05) is 19.0 Å². The number of likely N-dealkylation sites (tertiary alicyclic amines) is 1. The second-order valence-corrected chi connectivity index (χ2v) is 5.35. The van der Waals surface area contributed by atoms with E-state index in [0.29, 0.717) is 13.2 Å². The van der Waals surface area contributed by atoms with Gasteiger partial charge in [-0.25, -0.2) is 0 Å². The van der Waals surface area contributed by atoms with Crippen molar-refractivity contribution in [2.24, 2.45) is 5.92 Å². The summed E-state index contributed by atoms with van der Waals surface area (Å²) < 4.78 is 5.39. The first-order valence-corrected chi connectivity index (χ1v) is 6.94. The van der Waals surface area contributed by atoms with Crippen molar-refractivity contribution in [3.63, 3.8) is 0 Å². The summed E-state index contributed by atoms with van der Waals surface area (Å²) >= 11 is 0. The molecule has 2 saturated heterocycles. The SMILES string of the molecule is CNC1COCC1C(=O)N(C)CCN1CCCC1. The van der Waals surface area contributed by atoms with E-state index in [-0.39, 0.29) is 17.9 Å². The van der Waals surface area contributed by atoms with Crippen LogP contribution < -0.4 is 5.32 Å². The van der Waals surface area contributed by atoms with Crippen molar-refractivity contribution < 1.29 is 9.53 Å². The Hall–Kier alpha value is -0.650. The zero-order valence-electron chi connectivity index (χ0n) is 11.5. The maximum absolute atomic E-state index is 12.3. The quantitative estimate of drug-likeness (QED) is 0.737. The van der Waals surface area contributed by atoms with E-state index in [9.17, 15) is 4.79 Å². The summed E-state index contributed by atoms with van der Waals surface area (Å²) in [4.78, 5) is 16.6. The number of carbonyl (C=O) groups is 1. The van der Waals surface area contributed by atoms with E-state index in [0.717, 1.165) is 13.1 Å². The van der Waals surface area contributed by atoms with Gasteiger partial charge in [0.1, 0.15) is 0 Å².